The average molecular weight is 374 g/mol. The second-order valence-corrected chi connectivity index (χ2v) is 9.04. The molecule has 5 nitrogen and oxygen atoms in total. The number of thiazole rings is 1. The Hall–Kier alpha value is -2.25. The van der Waals surface area contributed by atoms with Gasteiger partial charge in [-0.05, 0) is 55.3 Å². The molecular weight excluding hydrogens is 356 g/mol. The molecule has 0 aliphatic heterocycles. The molecule has 0 saturated heterocycles. The number of fused-ring (bicyclic) bond motifs is 1. The minimum Gasteiger partial charge on any atom is -0.319 e. The molecule has 0 radical (unpaired) electrons. The number of sulfone groups is 1. The molecule has 0 spiro atoms. The van der Waals surface area contributed by atoms with Gasteiger partial charge in [0.15, 0.2) is 14.6 Å². The van der Waals surface area contributed by atoms with Crippen LogP contribution in [-0.2, 0) is 16.9 Å². The highest BCUT2D eigenvalue weighted by atomic mass is 32.2. The van der Waals surface area contributed by atoms with Crippen LogP contribution < -0.4 is 4.80 Å². The summed E-state index contributed by atoms with van der Waals surface area (Å²) in [6, 6.07) is 9.93. The molecule has 0 unspecified atom stereocenters. The number of nitrogens with zero attached hydrogens (tertiary/aromatic N) is 2. The van der Waals surface area contributed by atoms with Crippen LogP contribution in [0.5, 0.6) is 0 Å². The Morgan fingerprint density at radius 2 is 1.72 bits per heavy atom. The summed E-state index contributed by atoms with van der Waals surface area (Å²) in [6.45, 7) is 4.11. The average Bonchev–Trinajstić information content (AvgIpc) is 2.87. The minimum absolute atomic E-state index is 0.183. The molecule has 0 atom stereocenters. The van der Waals surface area contributed by atoms with Gasteiger partial charge in [0.2, 0.25) is 0 Å². The number of hydrogen-bond acceptors (Lipinski definition) is 4. The summed E-state index contributed by atoms with van der Waals surface area (Å²) in [5.74, 6) is -0.392. The van der Waals surface area contributed by atoms with Gasteiger partial charge in [0.25, 0.3) is 5.91 Å². The molecule has 0 aliphatic carbocycles. The van der Waals surface area contributed by atoms with E-state index < -0.39 is 15.7 Å². The first-order chi connectivity index (χ1) is 11.7. The first kappa shape index (κ1) is 17.6. The molecule has 0 aliphatic rings. The SMILES string of the molecule is Cc1ccc2sc(=NC(=O)c3ccc(S(C)(=O)=O)cc3)n(C)c2c1C. The second kappa shape index (κ2) is 6.24. The van der Waals surface area contributed by atoms with Crippen molar-refractivity contribution in [3.05, 3.63) is 57.9 Å². The number of carbonyl (C=O) groups excluding carboxylic acids is 1. The van der Waals surface area contributed by atoms with E-state index in [0.717, 1.165) is 16.5 Å². The van der Waals surface area contributed by atoms with Crippen molar-refractivity contribution in [3.63, 3.8) is 0 Å². The fraction of sp³-hybridized carbons (Fsp3) is 0.222. The topological polar surface area (TPSA) is 68.5 Å². The Kier molecular flexibility index (Phi) is 4.38. The summed E-state index contributed by atoms with van der Waals surface area (Å²) in [5.41, 5.74) is 3.79. The number of hydrogen-bond donors (Lipinski definition) is 0. The molecule has 1 amide bonds. The van der Waals surface area contributed by atoms with Gasteiger partial charge in [-0.2, -0.15) is 4.99 Å². The van der Waals surface area contributed by atoms with Gasteiger partial charge in [-0.15, -0.1) is 0 Å². The second-order valence-electron chi connectivity index (χ2n) is 6.01. The molecule has 0 bridgehead atoms. The standard InChI is InChI=1S/C18H18N2O3S2/c1-11-5-10-15-16(12(11)2)20(3)18(24-15)19-17(21)13-6-8-14(9-7-13)25(4,22)23/h5-10H,1-4H3. The Labute approximate surface area is 150 Å². The molecule has 0 N–H and O–H groups in total. The van der Waals surface area contributed by atoms with E-state index in [1.165, 1.54) is 46.7 Å². The molecule has 25 heavy (non-hydrogen) atoms. The van der Waals surface area contributed by atoms with Crippen LogP contribution in [0.3, 0.4) is 0 Å². The largest absolute Gasteiger partial charge is 0.319 e. The molecule has 3 aromatic rings. The van der Waals surface area contributed by atoms with Crippen LogP contribution in [-0.4, -0.2) is 25.1 Å². The van der Waals surface area contributed by atoms with Gasteiger partial charge in [-0.1, -0.05) is 17.4 Å². The zero-order valence-corrected chi connectivity index (χ0v) is 16.0. The normalized spacial score (nSPS) is 12.7. The third-order valence-electron chi connectivity index (χ3n) is 4.22. The van der Waals surface area contributed by atoms with Crippen LogP contribution in [0.15, 0.2) is 46.3 Å². The van der Waals surface area contributed by atoms with Crippen LogP contribution in [0, 0.1) is 13.8 Å². The number of benzene rings is 2. The molecule has 7 heteroatoms. The molecule has 1 heterocycles. The fourth-order valence-corrected chi connectivity index (χ4v) is 4.34. The maximum Gasteiger partial charge on any atom is 0.279 e. The first-order valence-electron chi connectivity index (χ1n) is 7.63. The summed E-state index contributed by atoms with van der Waals surface area (Å²) in [4.78, 5) is 17.4. The highest BCUT2D eigenvalue weighted by Crippen LogP contribution is 2.23. The summed E-state index contributed by atoms with van der Waals surface area (Å²) >= 11 is 1.46. The zero-order chi connectivity index (χ0) is 18.4. The number of carbonyl (C=O) groups is 1. The lowest BCUT2D eigenvalue weighted by atomic mass is 10.1. The lowest BCUT2D eigenvalue weighted by Gasteiger charge is -2.03. The van der Waals surface area contributed by atoms with E-state index in [-0.39, 0.29) is 4.90 Å². The van der Waals surface area contributed by atoms with Crippen LogP contribution in [0.2, 0.25) is 0 Å². The quantitative estimate of drug-likeness (QED) is 0.692. The maximum atomic E-state index is 12.4. The van der Waals surface area contributed by atoms with Crippen molar-refractivity contribution in [3.8, 4) is 0 Å². The summed E-state index contributed by atoms with van der Waals surface area (Å²) in [6.07, 6.45) is 1.13. The van der Waals surface area contributed by atoms with E-state index in [2.05, 4.69) is 24.9 Å². The van der Waals surface area contributed by atoms with Crippen molar-refractivity contribution in [2.75, 3.05) is 6.26 Å². The van der Waals surface area contributed by atoms with E-state index in [1.807, 2.05) is 17.7 Å². The predicted molar refractivity (Wildman–Crippen MR) is 99.7 cm³/mol. The van der Waals surface area contributed by atoms with E-state index >= 15 is 0 Å². The lowest BCUT2D eigenvalue weighted by Crippen LogP contribution is -2.14. The molecule has 130 valence electrons. The molecule has 1 aromatic heterocycles. The van der Waals surface area contributed by atoms with Gasteiger partial charge in [-0.3, -0.25) is 4.79 Å². The van der Waals surface area contributed by atoms with Crippen molar-refractivity contribution in [2.45, 2.75) is 18.7 Å². The van der Waals surface area contributed by atoms with Gasteiger partial charge < -0.3 is 4.57 Å². The number of rotatable bonds is 2. The molecule has 2 aromatic carbocycles. The Morgan fingerprint density at radius 1 is 1.08 bits per heavy atom. The van der Waals surface area contributed by atoms with Crippen LogP contribution in [0.4, 0.5) is 0 Å². The van der Waals surface area contributed by atoms with Gasteiger partial charge in [-0.25, -0.2) is 8.42 Å². The van der Waals surface area contributed by atoms with Gasteiger partial charge in [0.05, 0.1) is 15.1 Å². The van der Waals surface area contributed by atoms with Crippen LogP contribution in [0.1, 0.15) is 21.5 Å². The van der Waals surface area contributed by atoms with Crippen LogP contribution in [0.25, 0.3) is 10.2 Å². The van der Waals surface area contributed by atoms with Gasteiger partial charge in [0, 0.05) is 18.9 Å². The monoisotopic (exact) mass is 374 g/mol. The molecular formula is C18H18N2O3S2. The number of aromatic nitrogens is 1. The summed E-state index contributed by atoms with van der Waals surface area (Å²) < 4.78 is 26.0. The minimum atomic E-state index is -3.28. The van der Waals surface area contributed by atoms with Crippen molar-refractivity contribution in [2.24, 2.45) is 12.0 Å². The number of aryl methyl sites for hydroxylation is 3. The van der Waals surface area contributed by atoms with E-state index in [0.29, 0.717) is 10.4 Å². The Balaban J connectivity index is 2.06. The highest BCUT2D eigenvalue weighted by Gasteiger charge is 2.11. The highest BCUT2D eigenvalue weighted by molar-refractivity contribution is 7.90. The van der Waals surface area contributed by atoms with Gasteiger partial charge in [0.1, 0.15) is 0 Å². The van der Waals surface area contributed by atoms with Gasteiger partial charge >= 0.3 is 0 Å². The van der Waals surface area contributed by atoms with Crippen molar-refractivity contribution in [1.82, 2.24) is 4.57 Å². The van der Waals surface area contributed by atoms with E-state index in [9.17, 15) is 13.2 Å². The fourth-order valence-electron chi connectivity index (χ4n) is 2.63. The molecule has 3 rings (SSSR count). The van der Waals surface area contributed by atoms with Crippen molar-refractivity contribution in [1.29, 1.82) is 0 Å². The lowest BCUT2D eigenvalue weighted by molar-refractivity contribution is 0.0998. The van der Waals surface area contributed by atoms with Crippen molar-refractivity contribution >= 4 is 37.3 Å². The van der Waals surface area contributed by atoms with Crippen LogP contribution >= 0.6 is 11.3 Å². The third-order valence-corrected chi connectivity index (χ3v) is 6.44. The molecule has 0 saturated carbocycles. The summed E-state index contributed by atoms with van der Waals surface area (Å²) in [7, 11) is -1.39. The van der Waals surface area contributed by atoms with E-state index in [1.54, 1.807) is 0 Å². The summed E-state index contributed by atoms with van der Waals surface area (Å²) in [5, 5.41) is 0. The number of amides is 1. The molecule has 0 fully saturated rings. The smallest absolute Gasteiger partial charge is 0.279 e. The van der Waals surface area contributed by atoms with E-state index in [4.69, 9.17) is 0 Å². The maximum absolute atomic E-state index is 12.4. The Morgan fingerprint density at radius 3 is 2.32 bits per heavy atom. The first-order valence-corrected chi connectivity index (χ1v) is 10.3. The van der Waals surface area contributed by atoms with Crippen molar-refractivity contribution < 1.29 is 13.2 Å². The zero-order valence-electron chi connectivity index (χ0n) is 14.4. The predicted octanol–water partition coefficient (Wildman–Crippen LogP) is 3.00. The Bertz CT molecular complexity index is 1150. The third kappa shape index (κ3) is 3.29.